The second kappa shape index (κ2) is 7.50. The second-order valence-electron chi connectivity index (χ2n) is 7.50. The van der Waals surface area contributed by atoms with Crippen LogP contribution in [0.4, 0.5) is 4.39 Å². The fourth-order valence-corrected chi connectivity index (χ4v) is 3.42. The van der Waals surface area contributed by atoms with Crippen molar-refractivity contribution in [2.45, 2.75) is 38.5 Å². The van der Waals surface area contributed by atoms with E-state index in [1.54, 1.807) is 29.1 Å². The van der Waals surface area contributed by atoms with Crippen molar-refractivity contribution in [2.75, 3.05) is 0 Å². The van der Waals surface area contributed by atoms with E-state index >= 15 is 0 Å². The molecule has 0 fully saturated rings. The van der Waals surface area contributed by atoms with Crippen molar-refractivity contribution in [3.63, 3.8) is 0 Å². The maximum Gasteiger partial charge on any atom is 0.166 e. The van der Waals surface area contributed by atoms with E-state index in [1.807, 2.05) is 46.9 Å². The average Bonchev–Trinajstić information content (AvgIpc) is 2.96. The predicted octanol–water partition coefficient (Wildman–Crippen LogP) is 4.62. The van der Waals surface area contributed by atoms with Crippen LogP contribution in [0.25, 0.3) is 10.9 Å². The fourth-order valence-electron chi connectivity index (χ4n) is 2.61. The standard InChI is InChI=1S/C20H24FN3O2S/c1-13(23-27(25)20(2,3)4)14-6-9-19(17(21)11-14)26-16-7-8-18-15(10-16)12-22-24(18)5/h6-13,23H,1-5H3. The van der Waals surface area contributed by atoms with Crippen LogP contribution in [-0.4, -0.2) is 19.1 Å². The lowest BCUT2D eigenvalue weighted by Gasteiger charge is -2.26. The smallest absolute Gasteiger partial charge is 0.166 e. The number of aromatic nitrogens is 2. The Balaban J connectivity index is 1.75. The van der Waals surface area contributed by atoms with Crippen LogP contribution < -0.4 is 9.46 Å². The summed E-state index contributed by atoms with van der Waals surface area (Å²) in [6.45, 7) is 7.52. The van der Waals surface area contributed by atoms with E-state index in [0.29, 0.717) is 11.3 Å². The minimum absolute atomic E-state index is 0.145. The summed E-state index contributed by atoms with van der Waals surface area (Å²) < 4.78 is 36.9. The zero-order valence-electron chi connectivity index (χ0n) is 16.1. The molecule has 2 aromatic carbocycles. The van der Waals surface area contributed by atoms with Crippen LogP contribution in [-0.2, 0) is 18.4 Å². The van der Waals surface area contributed by atoms with E-state index in [0.717, 1.165) is 10.9 Å². The molecular weight excluding hydrogens is 365 g/mol. The third-order valence-electron chi connectivity index (χ3n) is 4.24. The molecule has 0 radical (unpaired) electrons. The molecule has 0 spiro atoms. The van der Waals surface area contributed by atoms with Gasteiger partial charge in [-0.2, -0.15) is 5.10 Å². The second-order valence-corrected chi connectivity index (χ2v) is 9.50. The first kappa shape index (κ1) is 19.7. The van der Waals surface area contributed by atoms with Gasteiger partial charge in [-0.05, 0) is 63.6 Å². The van der Waals surface area contributed by atoms with Gasteiger partial charge in [0.2, 0.25) is 0 Å². The number of hydrogen-bond donors (Lipinski definition) is 1. The first-order valence-corrected chi connectivity index (χ1v) is 9.87. The van der Waals surface area contributed by atoms with Gasteiger partial charge in [0.05, 0.1) is 17.8 Å². The molecule has 7 heteroatoms. The Morgan fingerprint density at radius 3 is 2.63 bits per heavy atom. The Hall–Kier alpha value is -2.09. The van der Waals surface area contributed by atoms with Crippen LogP contribution in [0.1, 0.15) is 39.3 Å². The van der Waals surface area contributed by atoms with E-state index in [9.17, 15) is 8.94 Å². The van der Waals surface area contributed by atoms with Crippen molar-refractivity contribution in [1.82, 2.24) is 14.5 Å². The molecule has 0 saturated heterocycles. The Kier molecular flexibility index (Phi) is 5.46. The lowest BCUT2D eigenvalue weighted by Crippen LogP contribution is -2.40. The maximum atomic E-state index is 14.5. The van der Waals surface area contributed by atoms with Crippen LogP contribution in [0.2, 0.25) is 0 Å². The Labute approximate surface area is 161 Å². The van der Waals surface area contributed by atoms with E-state index in [1.165, 1.54) is 6.07 Å². The fraction of sp³-hybridized carbons (Fsp3) is 0.350. The summed E-state index contributed by atoms with van der Waals surface area (Å²) in [5.74, 6) is 0.224. The highest BCUT2D eigenvalue weighted by atomic mass is 32.2. The zero-order chi connectivity index (χ0) is 19.8. The van der Waals surface area contributed by atoms with Gasteiger partial charge in [0.25, 0.3) is 0 Å². The first-order valence-electron chi connectivity index (χ1n) is 8.72. The summed E-state index contributed by atoms with van der Waals surface area (Å²) in [7, 11) is 1.86. The van der Waals surface area contributed by atoms with Gasteiger partial charge in [0.1, 0.15) is 10.5 Å². The maximum absolute atomic E-state index is 14.5. The number of benzene rings is 2. The van der Waals surface area contributed by atoms with Gasteiger partial charge in [-0.25, -0.2) is 4.39 Å². The SMILES string of the molecule is CC(N[S+]([O-])C(C)(C)C)c1ccc(Oc2ccc3c(cnn3C)c2)c(F)c1. The van der Waals surface area contributed by atoms with Gasteiger partial charge in [-0.1, -0.05) is 6.07 Å². The minimum Gasteiger partial charge on any atom is -0.598 e. The summed E-state index contributed by atoms with van der Waals surface area (Å²) in [4.78, 5) is 0. The number of fused-ring (bicyclic) bond motifs is 1. The Morgan fingerprint density at radius 1 is 1.22 bits per heavy atom. The molecule has 27 heavy (non-hydrogen) atoms. The van der Waals surface area contributed by atoms with E-state index in [2.05, 4.69) is 9.82 Å². The molecule has 2 atom stereocenters. The number of aryl methyl sites for hydroxylation is 1. The molecule has 0 aliphatic carbocycles. The molecule has 1 aromatic heterocycles. The summed E-state index contributed by atoms with van der Waals surface area (Å²) in [6, 6.07) is 10.0. The quantitative estimate of drug-likeness (QED) is 0.647. The van der Waals surface area contributed by atoms with Crippen molar-refractivity contribution in [1.29, 1.82) is 0 Å². The molecule has 0 saturated carbocycles. The lowest BCUT2D eigenvalue weighted by atomic mass is 10.1. The molecule has 2 unspecified atom stereocenters. The topological polar surface area (TPSA) is 62.1 Å². The van der Waals surface area contributed by atoms with Gasteiger partial charge < -0.3 is 9.29 Å². The molecule has 0 bridgehead atoms. The zero-order valence-corrected chi connectivity index (χ0v) is 16.9. The van der Waals surface area contributed by atoms with Gasteiger partial charge >= 0.3 is 0 Å². The molecule has 5 nitrogen and oxygen atoms in total. The van der Waals surface area contributed by atoms with Crippen molar-refractivity contribution in [3.05, 3.63) is 54.0 Å². The molecule has 3 aromatic rings. The molecule has 144 valence electrons. The highest BCUT2D eigenvalue weighted by Gasteiger charge is 2.28. The Bertz CT molecular complexity index is 952. The van der Waals surface area contributed by atoms with Crippen molar-refractivity contribution >= 4 is 22.3 Å². The van der Waals surface area contributed by atoms with E-state index in [4.69, 9.17) is 4.74 Å². The number of nitrogens with one attached hydrogen (secondary N) is 1. The van der Waals surface area contributed by atoms with Gasteiger partial charge in [0, 0.05) is 23.8 Å². The molecule has 1 N–H and O–H groups in total. The largest absolute Gasteiger partial charge is 0.598 e. The van der Waals surface area contributed by atoms with Crippen LogP contribution in [0, 0.1) is 5.82 Å². The number of ether oxygens (including phenoxy) is 1. The lowest BCUT2D eigenvalue weighted by molar-refractivity contribution is 0.441. The van der Waals surface area contributed by atoms with Crippen LogP contribution in [0.3, 0.4) is 0 Å². The first-order chi connectivity index (χ1) is 12.6. The van der Waals surface area contributed by atoms with E-state index in [-0.39, 0.29) is 16.5 Å². The van der Waals surface area contributed by atoms with E-state index < -0.39 is 17.2 Å². The molecule has 3 rings (SSSR count). The highest BCUT2D eigenvalue weighted by Crippen LogP contribution is 2.29. The summed E-state index contributed by atoms with van der Waals surface area (Å²) in [5.41, 5.74) is 1.69. The monoisotopic (exact) mass is 389 g/mol. The molecular formula is C20H24FN3O2S. The molecule has 0 aliphatic heterocycles. The van der Waals surface area contributed by atoms with Crippen molar-refractivity contribution < 1.29 is 13.7 Å². The highest BCUT2D eigenvalue weighted by molar-refractivity contribution is 7.90. The minimum atomic E-state index is -1.23. The number of hydrogen-bond acceptors (Lipinski definition) is 4. The molecule has 0 amide bonds. The molecule has 1 heterocycles. The summed E-state index contributed by atoms with van der Waals surface area (Å²) >= 11 is -1.23. The third-order valence-corrected chi connectivity index (χ3v) is 5.92. The van der Waals surface area contributed by atoms with Crippen LogP contribution in [0.5, 0.6) is 11.5 Å². The van der Waals surface area contributed by atoms with Crippen molar-refractivity contribution in [3.8, 4) is 11.5 Å². The molecule has 0 aliphatic rings. The van der Waals surface area contributed by atoms with Gasteiger partial charge in [-0.15, -0.1) is 4.72 Å². The number of nitrogens with zero attached hydrogens (tertiary/aromatic N) is 2. The Morgan fingerprint density at radius 2 is 1.96 bits per heavy atom. The summed E-state index contributed by atoms with van der Waals surface area (Å²) in [5, 5.41) is 5.11. The summed E-state index contributed by atoms with van der Waals surface area (Å²) in [6.07, 6.45) is 1.74. The third kappa shape index (κ3) is 4.43. The predicted molar refractivity (Wildman–Crippen MR) is 107 cm³/mol. The normalized spacial score (nSPS) is 14.3. The van der Waals surface area contributed by atoms with Gasteiger partial charge in [-0.3, -0.25) is 4.68 Å². The number of halogens is 1. The van der Waals surface area contributed by atoms with Crippen LogP contribution >= 0.6 is 0 Å². The van der Waals surface area contributed by atoms with Crippen molar-refractivity contribution in [2.24, 2.45) is 7.05 Å². The van der Waals surface area contributed by atoms with Gasteiger partial charge in [0.15, 0.2) is 11.6 Å². The average molecular weight is 389 g/mol. The number of rotatable bonds is 5. The van der Waals surface area contributed by atoms with Crippen LogP contribution in [0.15, 0.2) is 42.6 Å².